The summed E-state index contributed by atoms with van der Waals surface area (Å²) >= 11 is 6.02. The third kappa shape index (κ3) is 3.09. The van der Waals surface area contributed by atoms with Gasteiger partial charge in [-0.25, -0.2) is 0 Å². The van der Waals surface area contributed by atoms with E-state index in [1.165, 1.54) is 0 Å². The molecule has 0 radical (unpaired) electrons. The van der Waals surface area contributed by atoms with E-state index in [1.54, 1.807) is 36.4 Å². The zero-order valence-corrected chi connectivity index (χ0v) is 12.6. The minimum atomic E-state index is -0.261. The zero-order valence-electron chi connectivity index (χ0n) is 11.9. The molecule has 0 saturated heterocycles. The summed E-state index contributed by atoms with van der Waals surface area (Å²) in [5.41, 5.74) is 1.49. The van der Waals surface area contributed by atoms with E-state index in [4.69, 9.17) is 25.8 Å². The van der Waals surface area contributed by atoms with Gasteiger partial charge in [-0.15, -0.1) is 0 Å². The lowest BCUT2D eigenvalue weighted by Gasteiger charge is -2.10. The first-order chi connectivity index (χ1) is 10.6. The van der Waals surface area contributed by atoms with Crippen LogP contribution in [-0.2, 0) is 4.79 Å². The van der Waals surface area contributed by atoms with Crippen molar-refractivity contribution in [3.63, 3.8) is 0 Å². The van der Waals surface area contributed by atoms with Crippen molar-refractivity contribution in [3.8, 4) is 17.2 Å². The van der Waals surface area contributed by atoms with Gasteiger partial charge in [0.05, 0.1) is 0 Å². The standard InChI is InChI=1S/C16H14ClNO4/c1-10-12(17)3-2-4-13(10)18-16(19)8-20-11-5-6-14-15(7-11)22-9-21-14/h2-7H,8-9H2,1H3,(H,18,19). The lowest BCUT2D eigenvalue weighted by Crippen LogP contribution is -2.20. The molecule has 5 nitrogen and oxygen atoms in total. The minimum absolute atomic E-state index is 0.106. The van der Waals surface area contributed by atoms with E-state index in [9.17, 15) is 4.79 Å². The van der Waals surface area contributed by atoms with E-state index < -0.39 is 0 Å². The van der Waals surface area contributed by atoms with E-state index in [-0.39, 0.29) is 19.3 Å². The number of carbonyl (C=O) groups is 1. The van der Waals surface area contributed by atoms with Crippen molar-refractivity contribution in [1.82, 2.24) is 0 Å². The number of carbonyl (C=O) groups excluding carboxylic acids is 1. The highest BCUT2D eigenvalue weighted by Crippen LogP contribution is 2.35. The molecule has 114 valence electrons. The summed E-state index contributed by atoms with van der Waals surface area (Å²) in [4.78, 5) is 11.9. The summed E-state index contributed by atoms with van der Waals surface area (Å²) in [5, 5.41) is 3.38. The minimum Gasteiger partial charge on any atom is -0.484 e. The molecule has 0 aliphatic carbocycles. The lowest BCUT2D eigenvalue weighted by atomic mass is 10.2. The number of anilines is 1. The van der Waals surface area contributed by atoms with Crippen molar-refractivity contribution in [2.45, 2.75) is 6.92 Å². The van der Waals surface area contributed by atoms with Gasteiger partial charge in [-0.3, -0.25) is 4.79 Å². The molecule has 0 bridgehead atoms. The fourth-order valence-electron chi connectivity index (χ4n) is 2.04. The highest BCUT2D eigenvalue weighted by atomic mass is 35.5. The maximum Gasteiger partial charge on any atom is 0.262 e. The molecular formula is C16H14ClNO4. The van der Waals surface area contributed by atoms with Crippen molar-refractivity contribution in [2.24, 2.45) is 0 Å². The van der Waals surface area contributed by atoms with Crippen LogP contribution in [0.25, 0.3) is 0 Å². The van der Waals surface area contributed by atoms with E-state index in [0.717, 1.165) is 5.56 Å². The summed E-state index contributed by atoms with van der Waals surface area (Å²) in [6.07, 6.45) is 0. The van der Waals surface area contributed by atoms with E-state index in [2.05, 4.69) is 5.32 Å². The van der Waals surface area contributed by atoms with Crippen LogP contribution in [-0.4, -0.2) is 19.3 Å². The number of ether oxygens (including phenoxy) is 3. The number of hydrogen-bond acceptors (Lipinski definition) is 4. The SMILES string of the molecule is Cc1c(Cl)cccc1NC(=O)COc1ccc2c(c1)OCO2. The van der Waals surface area contributed by atoms with Gasteiger partial charge in [0.1, 0.15) is 5.75 Å². The first-order valence-corrected chi connectivity index (χ1v) is 7.09. The summed E-state index contributed by atoms with van der Waals surface area (Å²) in [5.74, 6) is 1.57. The van der Waals surface area contributed by atoms with E-state index >= 15 is 0 Å². The molecule has 2 aromatic carbocycles. The Labute approximate surface area is 132 Å². The second kappa shape index (κ2) is 6.15. The number of rotatable bonds is 4. The number of halogens is 1. The smallest absolute Gasteiger partial charge is 0.262 e. The van der Waals surface area contributed by atoms with Gasteiger partial charge in [-0.05, 0) is 36.8 Å². The lowest BCUT2D eigenvalue weighted by molar-refractivity contribution is -0.118. The Bertz CT molecular complexity index is 717. The van der Waals surface area contributed by atoms with Crippen LogP contribution in [0.2, 0.25) is 5.02 Å². The predicted molar refractivity (Wildman–Crippen MR) is 82.9 cm³/mol. The van der Waals surface area contributed by atoms with Crippen molar-refractivity contribution in [1.29, 1.82) is 0 Å². The van der Waals surface area contributed by atoms with Crippen LogP contribution in [0, 0.1) is 6.92 Å². The van der Waals surface area contributed by atoms with Gasteiger partial charge in [-0.1, -0.05) is 17.7 Å². The summed E-state index contributed by atoms with van der Waals surface area (Å²) < 4.78 is 15.9. The molecule has 0 fully saturated rings. The maximum absolute atomic E-state index is 11.9. The summed E-state index contributed by atoms with van der Waals surface area (Å²) in [6.45, 7) is 1.94. The van der Waals surface area contributed by atoms with Crippen LogP contribution in [0.3, 0.4) is 0 Å². The second-order valence-corrected chi connectivity index (χ2v) is 5.17. The highest BCUT2D eigenvalue weighted by molar-refractivity contribution is 6.31. The second-order valence-electron chi connectivity index (χ2n) is 4.76. The largest absolute Gasteiger partial charge is 0.484 e. The number of fused-ring (bicyclic) bond motifs is 1. The Hall–Kier alpha value is -2.40. The van der Waals surface area contributed by atoms with Gasteiger partial charge in [0, 0.05) is 16.8 Å². The number of benzene rings is 2. The van der Waals surface area contributed by atoms with E-state index in [0.29, 0.717) is 28.0 Å². The molecule has 1 heterocycles. The molecule has 0 saturated carbocycles. The van der Waals surface area contributed by atoms with Gasteiger partial charge >= 0.3 is 0 Å². The molecule has 3 rings (SSSR count). The average Bonchev–Trinajstić information content (AvgIpc) is 2.97. The maximum atomic E-state index is 11.9. The molecule has 6 heteroatoms. The molecular weight excluding hydrogens is 306 g/mol. The quantitative estimate of drug-likeness (QED) is 0.938. The molecule has 0 unspecified atom stereocenters. The van der Waals surface area contributed by atoms with Crippen molar-refractivity contribution in [2.75, 3.05) is 18.7 Å². The molecule has 1 aliphatic heterocycles. The molecule has 0 atom stereocenters. The van der Waals surface area contributed by atoms with Gasteiger partial charge in [0.25, 0.3) is 5.91 Å². The number of amides is 1. The van der Waals surface area contributed by atoms with Crippen molar-refractivity contribution in [3.05, 3.63) is 47.0 Å². The normalized spacial score (nSPS) is 12.1. The zero-order chi connectivity index (χ0) is 15.5. The Morgan fingerprint density at radius 2 is 2.09 bits per heavy atom. The third-order valence-corrected chi connectivity index (χ3v) is 3.67. The molecule has 1 aliphatic rings. The van der Waals surface area contributed by atoms with Crippen LogP contribution in [0.5, 0.6) is 17.2 Å². The predicted octanol–water partition coefficient (Wildman–Crippen LogP) is 3.39. The summed E-state index contributed by atoms with van der Waals surface area (Å²) in [7, 11) is 0. The fraction of sp³-hybridized carbons (Fsp3) is 0.188. The Morgan fingerprint density at radius 3 is 2.95 bits per heavy atom. The topological polar surface area (TPSA) is 56.8 Å². The molecule has 22 heavy (non-hydrogen) atoms. The van der Waals surface area contributed by atoms with Crippen LogP contribution in [0.15, 0.2) is 36.4 Å². The number of nitrogens with one attached hydrogen (secondary N) is 1. The molecule has 0 aromatic heterocycles. The fourth-order valence-corrected chi connectivity index (χ4v) is 2.22. The van der Waals surface area contributed by atoms with Crippen molar-refractivity contribution >= 4 is 23.2 Å². The van der Waals surface area contributed by atoms with Gasteiger partial charge in [0.2, 0.25) is 6.79 Å². The van der Waals surface area contributed by atoms with Crippen LogP contribution in [0.1, 0.15) is 5.56 Å². The monoisotopic (exact) mass is 319 g/mol. The Morgan fingerprint density at radius 1 is 1.27 bits per heavy atom. The number of hydrogen-bond donors (Lipinski definition) is 1. The summed E-state index contributed by atoms with van der Waals surface area (Å²) in [6, 6.07) is 10.5. The van der Waals surface area contributed by atoms with Gasteiger partial charge < -0.3 is 19.5 Å². The van der Waals surface area contributed by atoms with Crippen LogP contribution in [0.4, 0.5) is 5.69 Å². The van der Waals surface area contributed by atoms with Crippen LogP contribution >= 0.6 is 11.6 Å². The van der Waals surface area contributed by atoms with Gasteiger partial charge in [-0.2, -0.15) is 0 Å². The third-order valence-electron chi connectivity index (χ3n) is 3.26. The van der Waals surface area contributed by atoms with Crippen molar-refractivity contribution < 1.29 is 19.0 Å². The molecule has 1 amide bonds. The Kier molecular flexibility index (Phi) is 4.06. The van der Waals surface area contributed by atoms with Crippen LogP contribution < -0.4 is 19.5 Å². The first-order valence-electron chi connectivity index (χ1n) is 6.71. The molecule has 2 aromatic rings. The highest BCUT2D eigenvalue weighted by Gasteiger charge is 2.14. The molecule has 0 spiro atoms. The average molecular weight is 320 g/mol. The van der Waals surface area contributed by atoms with E-state index in [1.807, 2.05) is 6.92 Å². The molecule has 1 N–H and O–H groups in total. The first kappa shape index (κ1) is 14.5. The Balaban J connectivity index is 1.59. The van der Waals surface area contributed by atoms with Gasteiger partial charge in [0.15, 0.2) is 18.1 Å².